The van der Waals surface area contributed by atoms with Gasteiger partial charge < -0.3 is 16.0 Å². The zero-order chi connectivity index (χ0) is 34.2. The second-order valence-corrected chi connectivity index (χ2v) is 12.7. The number of halogens is 11. The molecule has 1 aliphatic carbocycles. The Kier molecular flexibility index (Phi) is 10.4. The molecule has 6 nitrogen and oxygen atoms in total. The molecule has 1 saturated carbocycles. The van der Waals surface area contributed by atoms with E-state index in [1.165, 1.54) is 18.2 Å². The molecule has 0 bridgehead atoms. The first kappa shape index (κ1) is 35.6. The van der Waals surface area contributed by atoms with Crippen LogP contribution in [0.3, 0.4) is 0 Å². The zero-order valence-corrected chi connectivity index (χ0v) is 25.6. The lowest BCUT2D eigenvalue weighted by molar-refractivity contribution is -0.140. The first-order valence-electron chi connectivity index (χ1n) is 12.7. The fourth-order valence-electron chi connectivity index (χ4n) is 4.36. The van der Waals surface area contributed by atoms with Crippen molar-refractivity contribution in [1.82, 2.24) is 0 Å². The summed E-state index contributed by atoms with van der Waals surface area (Å²) in [6, 6.07) is 8.90. The predicted molar refractivity (Wildman–Crippen MR) is 159 cm³/mol. The van der Waals surface area contributed by atoms with Gasteiger partial charge in [0.05, 0.1) is 39.3 Å². The first-order chi connectivity index (χ1) is 21.3. The van der Waals surface area contributed by atoms with Crippen LogP contribution >= 0.6 is 46.6 Å². The Morgan fingerprint density at radius 3 is 2.11 bits per heavy atom. The van der Waals surface area contributed by atoms with Gasteiger partial charge in [-0.15, -0.1) is 35.0 Å². The van der Waals surface area contributed by atoms with E-state index in [9.17, 15) is 49.5 Å². The molecule has 0 heterocycles. The fourth-order valence-corrected chi connectivity index (χ4v) is 5.98. The number of thioether (sulfide) groups is 1. The summed E-state index contributed by atoms with van der Waals surface area (Å²) in [6.45, 7) is 0. The molecule has 2 atom stereocenters. The maximum atomic E-state index is 14.7. The summed E-state index contributed by atoms with van der Waals surface area (Å²) < 4.78 is 103. The molecule has 46 heavy (non-hydrogen) atoms. The van der Waals surface area contributed by atoms with Crippen LogP contribution < -0.4 is 16.0 Å². The van der Waals surface area contributed by atoms with E-state index in [2.05, 4.69) is 16.0 Å². The average Bonchev–Trinajstić information content (AvgIpc) is 3.51. The molecule has 1 aliphatic rings. The number of rotatable bonds is 9. The number of hydrogen-bond acceptors (Lipinski definition) is 4. The van der Waals surface area contributed by atoms with Gasteiger partial charge in [0.25, 0.3) is 5.91 Å². The summed E-state index contributed by atoms with van der Waals surface area (Å²) in [5.74, 6) is -9.25. The van der Waals surface area contributed by atoms with Gasteiger partial charge in [0.15, 0.2) is 0 Å². The molecule has 0 spiro atoms. The molecule has 0 saturated heterocycles. The minimum Gasteiger partial charge on any atom is -0.326 e. The Morgan fingerprint density at radius 1 is 0.826 bits per heavy atom. The number of anilines is 3. The van der Waals surface area contributed by atoms with Crippen molar-refractivity contribution in [1.29, 1.82) is 0 Å². The number of benzene rings is 3. The van der Waals surface area contributed by atoms with Crippen molar-refractivity contribution in [2.75, 3.05) is 27.5 Å². The Morgan fingerprint density at radius 2 is 1.48 bits per heavy atom. The van der Waals surface area contributed by atoms with E-state index < -0.39 is 74.9 Å². The summed E-state index contributed by atoms with van der Waals surface area (Å²) in [4.78, 5) is 37.7. The summed E-state index contributed by atoms with van der Waals surface area (Å²) in [5.41, 5.74) is -2.36. The van der Waals surface area contributed by atoms with Crippen LogP contribution in [0.5, 0.6) is 0 Å². The van der Waals surface area contributed by atoms with Crippen LogP contribution in [0.25, 0.3) is 0 Å². The van der Waals surface area contributed by atoms with Crippen LogP contribution in [0.4, 0.5) is 52.2 Å². The molecule has 18 heteroatoms. The molecule has 3 N–H and O–H groups in total. The van der Waals surface area contributed by atoms with Gasteiger partial charge in [0.2, 0.25) is 11.8 Å². The van der Waals surface area contributed by atoms with Crippen molar-refractivity contribution in [3.8, 4) is 0 Å². The lowest BCUT2D eigenvalue weighted by atomic mass is 10.0. The minimum atomic E-state index is -5.00. The van der Waals surface area contributed by atoms with Crippen LogP contribution in [0.1, 0.15) is 27.4 Å². The summed E-state index contributed by atoms with van der Waals surface area (Å²) in [7, 11) is 0. The third kappa shape index (κ3) is 8.55. The van der Waals surface area contributed by atoms with Gasteiger partial charge in [0, 0.05) is 17.3 Å². The van der Waals surface area contributed by atoms with Gasteiger partial charge in [-0.05, 0) is 54.1 Å². The molecule has 0 unspecified atom stereocenters. The van der Waals surface area contributed by atoms with Crippen LogP contribution in [0.15, 0.2) is 54.6 Å². The number of carbonyl (C=O) groups excluding carboxylic acids is 3. The maximum Gasteiger partial charge on any atom is 0.419 e. The van der Waals surface area contributed by atoms with E-state index in [-0.39, 0.29) is 33.2 Å². The first-order valence-corrected chi connectivity index (χ1v) is 15.0. The number of carbonyl (C=O) groups is 3. The van der Waals surface area contributed by atoms with E-state index in [0.717, 1.165) is 24.3 Å². The van der Waals surface area contributed by atoms with Gasteiger partial charge in [-0.1, -0.05) is 17.7 Å². The molecular formula is C28H18Cl3F8N3O3S. The van der Waals surface area contributed by atoms with Crippen molar-refractivity contribution in [3.05, 3.63) is 87.9 Å². The molecular weight excluding hydrogens is 717 g/mol. The second kappa shape index (κ2) is 13.5. The fraction of sp³-hybridized carbons (Fsp3) is 0.250. The SMILES string of the molecule is O=C(CSCC(F)(F)F)Nc1ccc(NC(=O)c2cc(NC(=O)[C@H]3[C@H](c4ccc(F)c(C(F)(F)F)c4)C3(Cl)Cl)ccc2Cl)c(F)c1. The van der Waals surface area contributed by atoms with Gasteiger partial charge in [0.1, 0.15) is 16.0 Å². The normalized spacial score (nSPS) is 17.3. The van der Waals surface area contributed by atoms with E-state index >= 15 is 0 Å². The third-order valence-electron chi connectivity index (χ3n) is 6.47. The lowest BCUT2D eigenvalue weighted by Crippen LogP contribution is -2.19. The van der Waals surface area contributed by atoms with Crippen LogP contribution in [0, 0.1) is 17.6 Å². The van der Waals surface area contributed by atoms with Crippen molar-refractivity contribution < 1.29 is 49.5 Å². The van der Waals surface area contributed by atoms with E-state index in [4.69, 9.17) is 34.8 Å². The molecule has 0 radical (unpaired) electrons. The molecule has 1 fully saturated rings. The van der Waals surface area contributed by atoms with Gasteiger partial charge in [-0.3, -0.25) is 14.4 Å². The van der Waals surface area contributed by atoms with Gasteiger partial charge in [-0.2, -0.15) is 26.3 Å². The second-order valence-electron chi connectivity index (χ2n) is 9.86. The van der Waals surface area contributed by atoms with E-state index in [1.54, 1.807) is 0 Å². The highest BCUT2D eigenvalue weighted by molar-refractivity contribution is 8.00. The van der Waals surface area contributed by atoms with Gasteiger partial charge >= 0.3 is 12.4 Å². The summed E-state index contributed by atoms with van der Waals surface area (Å²) in [6.07, 6.45) is -9.46. The molecule has 4 rings (SSSR count). The number of hydrogen-bond donors (Lipinski definition) is 3. The van der Waals surface area contributed by atoms with E-state index in [1.807, 2.05) is 0 Å². The summed E-state index contributed by atoms with van der Waals surface area (Å²) >= 11 is 18.9. The molecule has 246 valence electrons. The Labute approximate surface area is 274 Å². The predicted octanol–water partition coefficient (Wildman–Crippen LogP) is 8.65. The highest BCUT2D eigenvalue weighted by atomic mass is 35.5. The minimum absolute atomic E-state index is 0.00801. The van der Waals surface area contributed by atoms with Crippen LogP contribution in [-0.4, -0.2) is 39.7 Å². The molecule has 3 aromatic rings. The number of amides is 3. The summed E-state index contributed by atoms with van der Waals surface area (Å²) in [5, 5.41) is 6.82. The van der Waals surface area contributed by atoms with Crippen LogP contribution in [-0.2, 0) is 15.8 Å². The molecule has 3 amide bonds. The van der Waals surface area contributed by atoms with Crippen molar-refractivity contribution in [2.24, 2.45) is 5.92 Å². The van der Waals surface area contributed by atoms with Crippen molar-refractivity contribution in [3.63, 3.8) is 0 Å². The van der Waals surface area contributed by atoms with Gasteiger partial charge in [-0.25, -0.2) is 8.78 Å². The zero-order valence-electron chi connectivity index (χ0n) is 22.6. The van der Waals surface area contributed by atoms with Crippen molar-refractivity contribution in [2.45, 2.75) is 22.6 Å². The topological polar surface area (TPSA) is 87.3 Å². The largest absolute Gasteiger partial charge is 0.419 e. The van der Waals surface area contributed by atoms with Crippen LogP contribution in [0.2, 0.25) is 5.02 Å². The highest BCUT2D eigenvalue weighted by Gasteiger charge is 2.67. The lowest BCUT2D eigenvalue weighted by Gasteiger charge is -2.12. The third-order valence-corrected chi connectivity index (χ3v) is 8.74. The Hall–Kier alpha value is -3.27. The standard InChI is InChI=1S/C28H18Cl3F8N3O3S/c29-17-4-2-13(41-25(45)23-22(27(23,30)31)12-1-5-18(32)16(7-12)28(37,38)39)8-15(17)24(44)42-20-6-3-14(9-19(20)33)40-21(43)10-46-11-26(34,35)36/h1-9,22-23H,10-11H2,(H,40,43)(H,41,45)(H,42,44)/t22-,23+/m0/s1. The Bertz CT molecular complexity index is 1690. The maximum absolute atomic E-state index is 14.7. The molecule has 0 aromatic heterocycles. The number of nitrogens with one attached hydrogen (secondary N) is 3. The van der Waals surface area contributed by atoms with E-state index in [0.29, 0.717) is 23.9 Å². The van der Waals surface area contributed by atoms with Crippen molar-refractivity contribution >= 4 is 81.3 Å². The highest BCUT2D eigenvalue weighted by Crippen LogP contribution is 2.65. The molecule has 3 aromatic carbocycles. The smallest absolute Gasteiger partial charge is 0.326 e. The Balaban J connectivity index is 1.42. The molecule has 0 aliphatic heterocycles. The average molecular weight is 735 g/mol. The monoisotopic (exact) mass is 733 g/mol. The quantitative estimate of drug-likeness (QED) is 0.152. The number of alkyl halides is 8.